The number of carbonyl (C=O) groups excluding carboxylic acids is 2. The van der Waals surface area contributed by atoms with Crippen LogP contribution in [0.15, 0.2) is 42.6 Å². The molecule has 1 aromatic carbocycles. The van der Waals surface area contributed by atoms with Crippen LogP contribution in [0, 0.1) is 0 Å². The Hall–Kier alpha value is -2.84. The molecule has 0 bridgehead atoms. The van der Waals surface area contributed by atoms with Crippen molar-refractivity contribution in [2.45, 2.75) is 0 Å². The summed E-state index contributed by atoms with van der Waals surface area (Å²) in [7, 11) is 2.06. The van der Waals surface area contributed by atoms with E-state index in [-0.39, 0.29) is 24.9 Å². The number of para-hydroxylation sites is 1. The van der Waals surface area contributed by atoms with Gasteiger partial charge in [0.05, 0.1) is 30.0 Å². The Balaban J connectivity index is 1.76. The third-order valence-corrected chi connectivity index (χ3v) is 5.40. The quantitative estimate of drug-likeness (QED) is 0.789. The van der Waals surface area contributed by atoms with E-state index in [1.165, 1.54) is 9.80 Å². The summed E-state index contributed by atoms with van der Waals surface area (Å²) in [6.07, 6.45) is 1.58. The predicted octanol–water partition coefficient (Wildman–Crippen LogP) is 1.92. The van der Waals surface area contributed by atoms with Gasteiger partial charge in [0.15, 0.2) is 5.82 Å². The Labute approximate surface area is 169 Å². The van der Waals surface area contributed by atoms with Crippen molar-refractivity contribution in [3.63, 3.8) is 0 Å². The molecule has 29 heavy (non-hydrogen) atoms. The number of hydrogen-bond acceptors (Lipinski definition) is 5. The standard InChI is InChI=1S/C21H24FN5O2/c1-24-11-13-25(14-12-24)15-19(28)27-17-6-3-2-5-16(17)21(29)26(10-8-22)18-7-4-9-23-20(18)27/h2-7,9H,8,10-15H2,1H3. The predicted molar refractivity (Wildman–Crippen MR) is 109 cm³/mol. The van der Waals surface area contributed by atoms with Crippen LogP contribution in [0.3, 0.4) is 0 Å². The second kappa shape index (κ2) is 8.26. The molecule has 7 nitrogen and oxygen atoms in total. The monoisotopic (exact) mass is 397 g/mol. The fourth-order valence-corrected chi connectivity index (χ4v) is 3.82. The number of nitrogens with zero attached hydrogens (tertiary/aromatic N) is 5. The van der Waals surface area contributed by atoms with Crippen LogP contribution in [0.25, 0.3) is 0 Å². The van der Waals surface area contributed by atoms with E-state index in [0.29, 0.717) is 22.8 Å². The van der Waals surface area contributed by atoms with Gasteiger partial charge in [0.1, 0.15) is 6.67 Å². The molecule has 2 aliphatic heterocycles. The van der Waals surface area contributed by atoms with Crippen LogP contribution < -0.4 is 9.80 Å². The molecule has 1 aromatic heterocycles. The third kappa shape index (κ3) is 3.73. The minimum atomic E-state index is -0.683. The number of likely N-dealkylation sites (N-methyl/N-ethyl adjacent to an activating group) is 1. The van der Waals surface area contributed by atoms with Gasteiger partial charge in [0, 0.05) is 32.4 Å². The summed E-state index contributed by atoms with van der Waals surface area (Å²) in [5.74, 6) is -0.127. The lowest BCUT2D eigenvalue weighted by Gasteiger charge is -2.33. The molecule has 2 amide bonds. The summed E-state index contributed by atoms with van der Waals surface area (Å²) in [4.78, 5) is 38.2. The topological polar surface area (TPSA) is 60.0 Å². The van der Waals surface area contributed by atoms with Crippen LogP contribution in [0.1, 0.15) is 10.4 Å². The number of carbonyl (C=O) groups is 2. The van der Waals surface area contributed by atoms with Crippen molar-refractivity contribution in [2.24, 2.45) is 0 Å². The molecule has 0 unspecified atom stereocenters. The maximum Gasteiger partial charge on any atom is 0.260 e. The maximum absolute atomic E-state index is 13.4. The van der Waals surface area contributed by atoms with E-state index in [4.69, 9.17) is 0 Å². The Bertz CT molecular complexity index is 913. The van der Waals surface area contributed by atoms with E-state index in [0.717, 1.165) is 26.2 Å². The fraction of sp³-hybridized carbons (Fsp3) is 0.381. The van der Waals surface area contributed by atoms with Crippen molar-refractivity contribution >= 4 is 29.0 Å². The zero-order valence-electron chi connectivity index (χ0n) is 16.4. The Kier molecular flexibility index (Phi) is 5.55. The normalized spacial score (nSPS) is 17.7. The number of pyridine rings is 1. The molecule has 8 heteroatoms. The van der Waals surface area contributed by atoms with Crippen LogP contribution in [0.2, 0.25) is 0 Å². The zero-order chi connectivity index (χ0) is 20.4. The van der Waals surface area contributed by atoms with Crippen LogP contribution in [0.5, 0.6) is 0 Å². The minimum absolute atomic E-state index is 0.0909. The molecule has 0 saturated carbocycles. The molecule has 4 rings (SSSR count). The van der Waals surface area contributed by atoms with E-state index in [1.54, 1.807) is 42.6 Å². The molecule has 2 aliphatic rings. The first-order valence-electron chi connectivity index (χ1n) is 9.76. The van der Waals surface area contributed by atoms with Crippen molar-refractivity contribution in [1.29, 1.82) is 0 Å². The zero-order valence-corrected chi connectivity index (χ0v) is 16.4. The molecule has 152 valence electrons. The van der Waals surface area contributed by atoms with Gasteiger partial charge in [-0.25, -0.2) is 9.37 Å². The summed E-state index contributed by atoms with van der Waals surface area (Å²) < 4.78 is 13.2. The van der Waals surface area contributed by atoms with Gasteiger partial charge in [-0.15, -0.1) is 0 Å². The Morgan fingerprint density at radius 1 is 1.07 bits per heavy atom. The van der Waals surface area contributed by atoms with Crippen LogP contribution in [0.4, 0.5) is 21.6 Å². The molecule has 1 saturated heterocycles. The molecule has 0 aliphatic carbocycles. The Morgan fingerprint density at radius 2 is 1.79 bits per heavy atom. The van der Waals surface area contributed by atoms with E-state index in [2.05, 4.69) is 21.8 Å². The second-order valence-corrected chi connectivity index (χ2v) is 7.32. The lowest BCUT2D eigenvalue weighted by molar-refractivity contribution is -0.119. The number of hydrogen-bond donors (Lipinski definition) is 0. The number of benzene rings is 1. The molecule has 1 fully saturated rings. The van der Waals surface area contributed by atoms with E-state index < -0.39 is 6.67 Å². The first-order chi connectivity index (χ1) is 14.1. The van der Waals surface area contributed by atoms with Crippen molar-refractivity contribution in [3.8, 4) is 0 Å². The van der Waals surface area contributed by atoms with Gasteiger partial charge >= 0.3 is 0 Å². The number of rotatable bonds is 4. The summed E-state index contributed by atoms with van der Waals surface area (Å²) >= 11 is 0. The number of anilines is 3. The molecule has 0 atom stereocenters. The van der Waals surface area contributed by atoms with Gasteiger partial charge in [-0.3, -0.25) is 19.4 Å². The largest absolute Gasteiger partial charge is 0.304 e. The molecule has 3 heterocycles. The molecule has 2 aromatic rings. The highest BCUT2D eigenvalue weighted by Gasteiger charge is 2.35. The SMILES string of the molecule is CN1CCN(CC(=O)N2c3ccccc3C(=O)N(CCF)c3cccnc32)CC1. The average Bonchev–Trinajstić information content (AvgIpc) is 2.84. The van der Waals surface area contributed by atoms with Gasteiger partial charge in [0.25, 0.3) is 5.91 Å². The summed E-state index contributed by atoms with van der Waals surface area (Å²) in [5, 5.41) is 0. The van der Waals surface area contributed by atoms with Crippen molar-refractivity contribution in [1.82, 2.24) is 14.8 Å². The van der Waals surface area contributed by atoms with E-state index >= 15 is 0 Å². The first kappa shape index (κ1) is 19.5. The highest BCUT2D eigenvalue weighted by Crippen LogP contribution is 2.39. The Morgan fingerprint density at radius 3 is 2.55 bits per heavy atom. The van der Waals surface area contributed by atoms with Crippen molar-refractivity contribution < 1.29 is 14.0 Å². The first-order valence-corrected chi connectivity index (χ1v) is 9.76. The van der Waals surface area contributed by atoms with Crippen LogP contribution in [-0.2, 0) is 4.79 Å². The number of piperazine rings is 1. The van der Waals surface area contributed by atoms with Crippen LogP contribution >= 0.6 is 0 Å². The minimum Gasteiger partial charge on any atom is -0.304 e. The number of amides is 2. The van der Waals surface area contributed by atoms with Gasteiger partial charge in [-0.05, 0) is 31.3 Å². The van der Waals surface area contributed by atoms with Crippen LogP contribution in [-0.4, -0.2) is 79.6 Å². The molecule has 0 radical (unpaired) electrons. The smallest absolute Gasteiger partial charge is 0.260 e. The van der Waals surface area contributed by atoms with Crippen molar-refractivity contribution in [2.75, 3.05) is 62.8 Å². The number of alkyl halides is 1. The molecular weight excluding hydrogens is 373 g/mol. The lowest BCUT2D eigenvalue weighted by Crippen LogP contribution is -2.48. The van der Waals surface area contributed by atoms with E-state index in [9.17, 15) is 14.0 Å². The third-order valence-electron chi connectivity index (χ3n) is 5.40. The molecular formula is C21H24FN5O2. The summed E-state index contributed by atoms with van der Waals surface area (Å²) in [6, 6.07) is 10.3. The fourth-order valence-electron chi connectivity index (χ4n) is 3.82. The van der Waals surface area contributed by atoms with Gasteiger partial charge in [-0.2, -0.15) is 0 Å². The summed E-state index contributed by atoms with van der Waals surface area (Å²) in [5.41, 5.74) is 1.29. The molecule has 0 spiro atoms. The summed E-state index contributed by atoms with van der Waals surface area (Å²) in [6.45, 7) is 2.88. The lowest BCUT2D eigenvalue weighted by atomic mass is 10.1. The number of fused-ring (bicyclic) bond motifs is 2. The van der Waals surface area contributed by atoms with Crippen molar-refractivity contribution in [3.05, 3.63) is 48.2 Å². The number of aromatic nitrogens is 1. The molecule has 0 N–H and O–H groups in total. The van der Waals surface area contributed by atoms with Gasteiger partial charge < -0.3 is 9.80 Å². The van der Waals surface area contributed by atoms with Gasteiger partial charge in [-0.1, -0.05) is 12.1 Å². The highest BCUT2D eigenvalue weighted by atomic mass is 19.1. The number of halogens is 1. The van der Waals surface area contributed by atoms with E-state index in [1.807, 2.05) is 0 Å². The highest BCUT2D eigenvalue weighted by molar-refractivity contribution is 6.18. The average molecular weight is 397 g/mol. The second-order valence-electron chi connectivity index (χ2n) is 7.32. The van der Waals surface area contributed by atoms with Gasteiger partial charge in [0.2, 0.25) is 5.91 Å². The maximum atomic E-state index is 13.4.